The number of furan rings is 1. The molecule has 4 rings (SSSR count). The lowest BCUT2D eigenvalue weighted by atomic mass is 10.00. The molecule has 12 heteroatoms. The summed E-state index contributed by atoms with van der Waals surface area (Å²) in [5.41, 5.74) is 0.668. The first kappa shape index (κ1) is 23.7. The standard InChI is InChI=1S/C22H25N5O6S/c1-3-31-21(28)18-14(23-22(29)24-19(18)15-6-4-9-32-15)12-27(8-10-30-2)13-17-25-26-20(33-17)16-7-5-11-34-16/h4-7,9,11,19H,3,8,10,12-13H2,1-2H3,(H2,23,24,29). The smallest absolute Gasteiger partial charge is 0.338 e. The van der Waals surface area contributed by atoms with Crippen molar-refractivity contribution in [2.45, 2.75) is 19.5 Å². The van der Waals surface area contributed by atoms with Gasteiger partial charge in [-0.15, -0.1) is 21.5 Å². The summed E-state index contributed by atoms with van der Waals surface area (Å²) in [7, 11) is 1.60. The molecule has 34 heavy (non-hydrogen) atoms. The highest BCUT2D eigenvalue weighted by Gasteiger charge is 2.36. The predicted molar refractivity (Wildman–Crippen MR) is 122 cm³/mol. The van der Waals surface area contributed by atoms with Gasteiger partial charge in [0.15, 0.2) is 0 Å². The SMILES string of the molecule is CCOC(=O)C1=C(CN(CCOC)Cc2nnc(-c3cccs3)o2)NC(=O)NC1c1ccco1. The number of nitrogens with zero attached hydrogens (tertiary/aromatic N) is 3. The van der Waals surface area contributed by atoms with Crippen molar-refractivity contribution in [3.8, 4) is 10.8 Å². The Kier molecular flexibility index (Phi) is 7.72. The predicted octanol–water partition coefficient (Wildman–Crippen LogP) is 2.71. The van der Waals surface area contributed by atoms with Crippen LogP contribution in [0.2, 0.25) is 0 Å². The number of rotatable bonds is 11. The van der Waals surface area contributed by atoms with Gasteiger partial charge in [-0.1, -0.05) is 6.07 Å². The van der Waals surface area contributed by atoms with Gasteiger partial charge in [-0.05, 0) is 30.5 Å². The van der Waals surface area contributed by atoms with Gasteiger partial charge in [0.2, 0.25) is 5.89 Å². The molecule has 4 heterocycles. The van der Waals surface area contributed by atoms with Crippen LogP contribution in [-0.2, 0) is 20.8 Å². The van der Waals surface area contributed by atoms with Gasteiger partial charge in [-0.2, -0.15) is 0 Å². The molecular weight excluding hydrogens is 462 g/mol. The number of thiophene rings is 1. The number of esters is 1. The summed E-state index contributed by atoms with van der Waals surface area (Å²) in [5, 5.41) is 15.7. The number of urea groups is 1. The fourth-order valence-corrected chi connectivity index (χ4v) is 4.17. The Balaban J connectivity index is 1.62. The van der Waals surface area contributed by atoms with Gasteiger partial charge in [0.05, 0.1) is 36.5 Å². The lowest BCUT2D eigenvalue weighted by Crippen LogP contribution is -2.48. The highest BCUT2D eigenvalue weighted by Crippen LogP contribution is 2.29. The first-order valence-corrected chi connectivity index (χ1v) is 11.6. The average molecular weight is 488 g/mol. The van der Waals surface area contributed by atoms with Gasteiger partial charge < -0.3 is 28.9 Å². The minimum absolute atomic E-state index is 0.190. The van der Waals surface area contributed by atoms with Crippen LogP contribution < -0.4 is 10.6 Å². The molecule has 0 fully saturated rings. The Bertz CT molecular complexity index is 1120. The summed E-state index contributed by atoms with van der Waals surface area (Å²) >= 11 is 1.51. The Morgan fingerprint density at radius 2 is 2.15 bits per heavy atom. The number of hydrogen-bond donors (Lipinski definition) is 2. The minimum atomic E-state index is -0.782. The van der Waals surface area contributed by atoms with E-state index in [1.54, 1.807) is 26.2 Å². The summed E-state index contributed by atoms with van der Waals surface area (Å²) in [6, 6.07) is 5.97. The van der Waals surface area contributed by atoms with Crippen LogP contribution in [0.25, 0.3) is 10.8 Å². The molecule has 1 unspecified atom stereocenters. The Morgan fingerprint density at radius 3 is 2.85 bits per heavy atom. The van der Waals surface area contributed by atoms with Gasteiger partial charge in [-0.3, -0.25) is 4.90 Å². The topological polar surface area (TPSA) is 132 Å². The van der Waals surface area contributed by atoms with Crippen molar-refractivity contribution in [3.63, 3.8) is 0 Å². The zero-order valence-corrected chi connectivity index (χ0v) is 19.6. The maximum Gasteiger partial charge on any atom is 0.338 e. The molecule has 0 spiro atoms. The number of methoxy groups -OCH3 is 1. The highest BCUT2D eigenvalue weighted by atomic mass is 32.1. The van der Waals surface area contributed by atoms with Crippen molar-refractivity contribution in [2.24, 2.45) is 0 Å². The highest BCUT2D eigenvalue weighted by molar-refractivity contribution is 7.13. The van der Waals surface area contributed by atoms with Crippen LogP contribution in [0.5, 0.6) is 0 Å². The number of hydrogen-bond acceptors (Lipinski definition) is 10. The molecule has 0 aromatic carbocycles. The molecule has 2 N–H and O–H groups in total. The number of ether oxygens (including phenoxy) is 2. The van der Waals surface area contributed by atoms with Gasteiger partial charge in [0, 0.05) is 25.9 Å². The Hall–Kier alpha value is -3.48. The molecule has 0 radical (unpaired) electrons. The van der Waals surface area contributed by atoms with E-state index in [2.05, 4.69) is 20.8 Å². The second kappa shape index (κ2) is 11.1. The van der Waals surface area contributed by atoms with Crippen molar-refractivity contribution in [1.29, 1.82) is 0 Å². The zero-order valence-electron chi connectivity index (χ0n) is 18.8. The molecule has 3 aromatic rings. The third kappa shape index (κ3) is 5.53. The summed E-state index contributed by atoms with van der Waals surface area (Å²) in [6.45, 7) is 3.31. The normalized spacial score (nSPS) is 16.0. The van der Waals surface area contributed by atoms with Crippen LogP contribution in [0.1, 0.15) is 24.6 Å². The maximum absolute atomic E-state index is 12.9. The molecular formula is C22H25N5O6S. The van der Waals surface area contributed by atoms with Crippen LogP contribution in [0.4, 0.5) is 4.79 Å². The molecule has 180 valence electrons. The van der Waals surface area contributed by atoms with E-state index in [1.807, 2.05) is 22.4 Å². The minimum Gasteiger partial charge on any atom is -0.467 e. The first-order chi connectivity index (χ1) is 16.6. The Morgan fingerprint density at radius 1 is 1.26 bits per heavy atom. The first-order valence-electron chi connectivity index (χ1n) is 10.7. The van der Waals surface area contributed by atoms with E-state index in [4.69, 9.17) is 18.3 Å². The quantitative estimate of drug-likeness (QED) is 0.392. The van der Waals surface area contributed by atoms with Crippen molar-refractivity contribution in [2.75, 3.05) is 33.4 Å². The van der Waals surface area contributed by atoms with Gasteiger partial charge in [-0.25, -0.2) is 9.59 Å². The third-order valence-electron chi connectivity index (χ3n) is 5.03. The van der Waals surface area contributed by atoms with Crippen LogP contribution in [0.3, 0.4) is 0 Å². The molecule has 2 amide bonds. The maximum atomic E-state index is 12.9. The van der Waals surface area contributed by atoms with Crippen LogP contribution >= 0.6 is 11.3 Å². The zero-order chi connectivity index (χ0) is 23.9. The second-order valence-electron chi connectivity index (χ2n) is 7.34. The summed E-state index contributed by atoms with van der Waals surface area (Å²) in [4.78, 5) is 28.2. The average Bonchev–Trinajstić information content (AvgIpc) is 3.60. The van der Waals surface area contributed by atoms with Crippen molar-refractivity contribution >= 4 is 23.3 Å². The molecule has 1 aliphatic heterocycles. The van der Waals surface area contributed by atoms with E-state index in [0.29, 0.717) is 36.4 Å². The molecule has 0 bridgehead atoms. The second-order valence-corrected chi connectivity index (χ2v) is 8.29. The van der Waals surface area contributed by atoms with Gasteiger partial charge in [0.25, 0.3) is 5.89 Å². The van der Waals surface area contributed by atoms with Gasteiger partial charge >= 0.3 is 12.0 Å². The van der Waals surface area contributed by atoms with Crippen LogP contribution in [0.15, 0.2) is 56.0 Å². The molecule has 3 aromatic heterocycles. The molecule has 0 saturated carbocycles. The van der Waals surface area contributed by atoms with E-state index >= 15 is 0 Å². The molecule has 1 atom stereocenters. The fourth-order valence-electron chi connectivity index (χ4n) is 3.53. The van der Waals surface area contributed by atoms with Crippen molar-refractivity contribution in [3.05, 3.63) is 58.8 Å². The molecule has 0 saturated heterocycles. The van der Waals surface area contributed by atoms with Gasteiger partial charge in [0.1, 0.15) is 11.8 Å². The number of aromatic nitrogens is 2. The van der Waals surface area contributed by atoms with E-state index in [9.17, 15) is 9.59 Å². The molecule has 11 nitrogen and oxygen atoms in total. The number of amides is 2. The summed E-state index contributed by atoms with van der Waals surface area (Å²) in [6.07, 6.45) is 1.48. The summed E-state index contributed by atoms with van der Waals surface area (Å²) < 4.78 is 21.8. The van der Waals surface area contributed by atoms with E-state index in [0.717, 1.165) is 4.88 Å². The molecule has 1 aliphatic rings. The van der Waals surface area contributed by atoms with E-state index in [-0.39, 0.29) is 25.3 Å². The Labute approximate surface area is 199 Å². The fraction of sp³-hybridized carbons (Fsp3) is 0.364. The molecule has 0 aliphatic carbocycles. The van der Waals surface area contributed by atoms with Crippen LogP contribution in [-0.4, -0.2) is 60.5 Å². The number of nitrogens with one attached hydrogen (secondary N) is 2. The monoisotopic (exact) mass is 487 g/mol. The third-order valence-corrected chi connectivity index (χ3v) is 5.89. The number of carbonyl (C=O) groups excluding carboxylic acids is 2. The van der Waals surface area contributed by atoms with Crippen molar-refractivity contribution in [1.82, 2.24) is 25.7 Å². The lowest BCUT2D eigenvalue weighted by molar-refractivity contribution is -0.139. The number of carbonyl (C=O) groups is 2. The van der Waals surface area contributed by atoms with E-state index < -0.39 is 18.0 Å². The van der Waals surface area contributed by atoms with Crippen LogP contribution in [0, 0.1) is 0 Å². The summed E-state index contributed by atoms with van der Waals surface area (Å²) in [5.74, 6) is 0.726. The van der Waals surface area contributed by atoms with Crippen molar-refractivity contribution < 1.29 is 27.9 Å². The lowest BCUT2D eigenvalue weighted by Gasteiger charge is -2.30. The van der Waals surface area contributed by atoms with E-state index in [1.165, 1.54) is 17.6 Å². The largest absolute Gasteiger partial charge is 0.467 e.